The van der Waals surface area contributed by atoms with E-state index in [0.29, 0.717) is 11.6 Å². The quantitative estimate of drug-likeness (QED) is 0.891. The number of nitrogens with one attached hydrogen (secondary N) is 1. The van der Waals surface area contributed by atoms with Crippen LogP contribution in [0.4, 0.5) is 5.95 Å². The van der Waals surface area contributed by atoms with Crippen molar-refractivity contribution in [1.29, 1.82) is 0 Å². The lowest BCUT2D eigenvalue weighted by Crippen LogP contribution is -2.45. The molecule has 1 aromatic heterocycles. The largest absolute Gasteiger partial charge is 0.393 e. The van der Waals surface area contributed by atoms with Crippen LogP contribution >= 0.6 is 0 Å². The average molecular weight is 318 g/mol. The van der Waals surface area contributed by atoms with Crippen molar-refractivity contribution in [3.63, 3.8) is 0 Å². The molecule has 6 heteroatoms. The summed E-state index contributed by atoms with van der Waals surface area (Å²) in [4.78, 5) is 23.5. The number of aromatic nitrogens is 2. The van der Waals surface area contributed by atoms with E-state index in [1.54, 1.807) is 13.1 Å². The second-order valence-electron chi connectivity index (χ2n) is 6.69. The summed E-state index contributed by atoms with van der Waals surface area (Å²) in [6.07, 6.45) is 5.83. The van der Waals surface area contributed by atoms with E-state index < -0.39 is 0 Å². The number of nitrogens with zero attached hydrogens (tertiary/aromatic N) is 3. The highest BCUT2D eigenvalue weighted by Gasteiger charge is 2.39. The number of carbonyl (C=O) groups excluding carboxylic acids is 1. The third kappa shape index (κ3) is 3.32. The maximum atomic E-state index is 13.0. The second-order valence-corrected chi connectivity index (χ2v) is 6.69. The van der Waals surface area contributed by atoms with E-state index in [-0.39, 0.29) is 24.0 Å². The number of aliphatic hydroxyl groups is 1. The van der Waals surface area contributed by atoms with Crippen molar-refractivity contribution in [2.24, 2.45) is 5.92 Å². The molecule has 0 aromatic carbocycles. The van der Waals surface area contributed by atoms with Crippen molar-refractivity contribution in [3.05, 3.63) is 17.5 Å². The summed E-state index contributed by atoms with van der Waals surface area (Å²) in [5.41, 5.74) is 1.22. The molecule has 3 atom stereocenters. The first kappa shape index (κ1) is 16.2. The lowest BCUT2D eigenvalue weighted by molar-refractivity contribution is 0.0209. The van der Waals surface area contributed by atoms with Gasteiger partial charge in [-0.15, -0.1) is 0 Å². The highest BCUT2D eigenvalue weighted by Crippen LogP contribution is 2.35. The summed E-state index contributed by atoms with van der Waals surface area (Å²) in [7, 11) is 1.75. The summed E-state index contributed by atoms with van der Waals surface area (Å²) in [5.74, 6) is 0.649. The molecule has 1 aliphatic heterocycles. The van der Waals surface area contributed by atoms with Crippen LogP contribution in [0.25, 0.3) is 0 Å². The predicted octanol–water partition coefficient (Wildman–Crippen LogP) is 1.98. The molecule has 1 aromatic rings. The Kier molecular flexibility index (Phi) is 4.80. The molecule has 2 aliphatic rings. The summed E-state index contributed by atoms with van der Waals surface area (Å²) >= 11 is 0. The SMILES string of the molecule is CNc1nc(C)cc(C(=O)N2CCC[C@@H]2[C@@H]2CCCC[C@@H]2O)n1. The van der Waals surface area contributed by atoms with Gasteiger partial charge in [0.15, 0.2) is 0 Å². The smallest absolute Gasteiger partial charge is 0.272 e. The maximum Gasteiger partial charge on any atom is 0.272 e. The van der Waals surface area contributed by atoms with E-state index in [9.17, 15) is 9.90 Å². The van der Waals surface area contributed by atoms with Crippen molar-refractivity contribution in [2.75, 3.05) is 18.9 Å². The van der Waals surface area contributed by atoms with Crippen molar-refractivity contribution < 1.29 is 9.90 Å². The van der Waals surface area contributed by atoms with E-state index in [1.165, 1.54) is 0 Å². The van der Waals surface area contributed by atoms with E-state index in [1.807, 2.05) is 11.8 Å². The minimum Gasteiger partial charge on any atom is -0.393 e. The first-order valence-corrected chi connectivity index (χ1v) is 8.62. The Morgan fingerprint density at radius 1 is 1.26 bits per heavy atom. The van der Waals surface area contributed by atoms with Crippen LogP contribution in [0.5, 0.6) is 0 Å². The standard InChI is InChI=1S/C17H26N4O2/c1-11-10-13(20-17(18-2)19-11)16(23)21-9-5-7-14(21)12-6-3-4-8-15(12)22/h10,12,14-15,22H,3-9H2,1-2H3,(H,18,19,20)/t12-,14+,15-/m0/s1. The van der Waals surface area contributed by atoms with Gasteiger partial charge < -0.3 is 15.3 Å². The number of amides is 1. The Labute approximate surface area is 137 Å². The highest BCUT2D eigenvalue weighted by molar-refractivity contribution is 5.93. The lowest BCUT2D eigenvalue weighted by Gasteiger charge is -2.37. The molecule has 1 amide bonds. The molecular formula is C17H26N4O2. The van der Waals surface area contributed by atoms with Gasteiger partial charge in [0.1, 0.15) is 5.69 Å². The van der Waals surface area contributed by atoms with E-state index >= 15 is 0 Å². The molecule has 0 unspecified atom stereocenters. The van der Waals surface area contributed by atoms with Crippen LogP contribution in [-0.2, 0) is 0 Å². The van der Waals surface area contributed by atoms with Gasteiger partial charge in [0, 0.05) is 31.2 Å². The first-order chi connectivity index (χ1) is 11.1. The average Bonchev–Trinajstić information content (AvgIpc) is 3.03. The topological polar surface area (TPSA) is 78.4 Å². The Morgan fingerprint density at radius 3 is 2.78 bits per heavy atom. The third-order valence-corrected chi connectivity index (χ3v) is 5.13. The van der Waals surface area contributed by atoms with Gasteiger partial charge >= 0.3 is 0 Å². The molecule has 0 bridgehead atoms. The Hall–Kier alpha value is -1.69. The molecule has 1 saturated carbocycles. The zero-order valence-electron chi connectivity index (χ0n) is 14.0. The Balaban J connectivity index is 1.81. The lowest BCUT2D eigenvalue weighted by atomic mass is 9.80. The van der Waals surface area contributed by atoms with Crippen LogP contribution in [0.15, 0.2) is 6.07 Å². The van der Waals surface area contributed by atoms with Crippen molar-refractivity contribution in [3.8, 4) is 0 Å². The molecule has 23 heavy (non-hydrogen) atoms. The summed E-state index contributed by atoms with van der Waals surface area (Å²) in [6, 6.07) is 1.89. The van der Waals surface area contributed by atoms with Crippen LogP contribution in [0.3, 0.4) is 0 Å². The van der Waals surface area contributed by atoms with Crippen LogP contribution in [0.1, 0.15) is 54.7 Å². The summed E-state index contributed by atoms with van der Waals surface area (Å²) in [6.45, 7) is 2.62. The van der Waals surface area contributed by atoms with Gasteiger partial charge in [-0.1, -0.05) is 12.8 Å². The van der Waals surface area contributed by atoms with E-state index in [4.69, 9.17) is 0 Å². The van der Waals surface area contributed by atoms with Gasteiger partial charge in [0.25, 0.3) is 5.91 Å². The molecule has 0 radical (unpaired) electrons. The number of likely N-dealkylation sites (tertiary alicyclic amines) is 1. The van der Waals surface area contributed by atoms with Gasteiger partial charge in [-0.05, 0) is 38.7 Å². The monoisotopic (exact) mass is 318 g/mol. The minimum absolute atomic E-state index is 0.0349. The number of aliphatic hydroxyl groups excluding tert-OH is 1. The molecule has 2 fully saturated rings. The molecule has 2 heterocycles. The molecule has 0 spiro atoms. The van der Waals surface area contributed by atoms with E-state index in [2.05, 4.69) is 15.3 Å². The molecule has 6 nitrogen and oxygen atoms in total. The van der Waals surface area contributed by atoms with Crippen molar-refractivity contribution >= 4 is 11.9 Å². The van der Waals surface area contributed by atoms with Crippen molar-refractivity contribution in [2.45, 2.75) is 57.6 Å². The van der Waals surface area contributed by atoms with Gasteiger partial charge in [-0.25, -0.2) is 9.97 Å². The fraction of sp³-hybridized carbons (Fsp3) is 0.706. The fourth-order valence-electron chi connectivity index (χ4n) is 4.02. The maximum absolute atomic E-state index is 13.0. The predicted molar refractivity (Wildman–Crippen MR) is 88.3 cm³/mol. The third-order valence-electron chi connectivity index (χ3n) is 5.13. The van der Waals surface area contributed by atoms with Crippen LogP contribution in [-0.4, -0.2) is 51.6 Å². The minimum atomic E-state index is -0.276. The van der Waals surface area contributed by atoms with Crippen molar-refractivity contribution in [1.82, 2.24) is 14.9 Å². The zero-order valence-corrected chi connectivity index (χ0v) is 14.0. The number of rotatable bonds is 3. The number of hydrogen-bond donors (Lipinski definition) is 2. The number of hydrogen-bond acceptors (Lipinski definition) is 5. The molecule has 126 valence electrons. The van der Waals surface area contributed by atoms with Gasteiger partial charge in [0.05, 0.1) is 6.10 Å². The second kappa shape index (κ2) is 6.83. The number of aryl methyl sites for hydroxylation is 1. The first-order valence-electron chi connectivity index (χ1n) is 8.62. The van der Waals surface area contributed by atoms with Gasteiger partial charge in [-0.3, -0.25) is 4.79 Å². The Morgan fingerprint density at radius 2 is 2.04 bits per heavy atom. The van der Waals surface area contributed by atoms with E-state index in [0.717, 1.165) is 50.8 Å². The van der Waals surface area contributed by atoms with Crippen LogP contribution in [0, 0.1) is 12.8 Å². The normalized spacial score (nSPS) is 28.0. The number of carbonyl (C=O) groups is 1. The summed E-state index contributed by atoms with van der Waals surface area (Å²) in [5, 5.41) is 13.3. The van der Waals surface area contributed by atoms with Gasteiger partial charge in [0.2, 0.25) is 5.95 Å². The van der Waals surface area contributed by atoms with Crippen LogP contribution in [0.2, 0.25) is 0 Å². The molecule has 1 saturated heterocycles. The highest BCUT2D eigenvalue weighted by atomic mass is 16.3. The summed E-state index contributed by atoms with van der Waals surface area (Å²) < 4.78 is 0. The molecule has 1 aliphatic carbocycles. The van der Waals surface area contributed by atoms with Crippen LogP contribution < -0.4 is 5.32 Å². The fourth-order valence-corrected chi connectivity index (χ4v) is 4.02. The molecule has 3 rings (SSSR count). The molecular weight excluding hydrogens is 292 g/mol. The van der Waals surface area contributed by atoms with Gasteiger partial charge in [-0.2, -0.15) is 0 Å². The molecule has 2 N–H and O–H groups in total. The zero-order chi connectivity index (χ0) is 16.4. The number of anilines is 1. The Bertz CT molecular complexity index is 578.